The SMILES string of the molecule is Nc1cnccc1SCCN1CCNC1=O. The van der Waals surface area contributed by atoms with E-state index in [-0.39, 0.29) is 6.03 Å². The van der Waals surface area contributed by atoms with E-state index < -0.39 is 0 Å². The number of carbonyl (C=O) groups is 1. The molecule has 86 valence electrons. The van der Waals surface area contributed by atoms with Crippen molar-refractivity contribution < 1.29 is 4.79 Å². The second-order valence-electron chi connectivity index (χ2n) is 3.48. The molecule has 2 rings (SSSR count). The summed E-state index contributed by atoms with van der Waals surface area (Å²) in [7, 11) is 0. The lowest BCUT2D eigenvalue weighted by Crippen LogP contribution is -2.30. The molecule has 3 N–H and O–H groups in total. The van der Waals surface area contributed by atoms with Crippen LogP contribution in [0.5, 0.6) is 0 Å². The zero-order valence-electron chi connectivity index (χ0n) is 8.85. The molecule has 6 heteroatoms. The maximum atomic E-state index is 11.3. The van der Waals surface area contributed by atoms with Crippen LogP contribution in [0.2, 0.25) is 0 Å². The van der Waals surface area contributed by atoms with Gasteiger partial charge >= 0.3 is 6.03 Å². The lowest BCUT2D eigenvalue weighted by Gasteiger charge is -2.13. The molecule has 0 aliphatic carbocycles. The third kappa shape index (κ3) is 2.57. The number of pyridine rings is 1. The first kappa shape index (κ1) is 11.1. The molecular formula is C10H14N4OS. The average Bonchev–Trinajstić information content (AvgIpc) is 2.67. The van der Waals surface area contributed by atoms with Gasteiger partial charge in [-0.2, -0.15) is 0 Å². The highest BCUT2D eigenvalue weighted by atomic mass is 32.2. The lowest BCUT2D eigenvalue weighted by atomic mass is 10.4. The maximum Gasteiger partial charge on any atom is 0.317 e. The summed E-state index contributed by atoms with van der Waals surface area (Å²) in [5, 5.41) is 2.77. The molecule has 16 heavy (non-hydrogen) atoms. The third-order valence-electron chi connectivity index (χ3n) is 2.37. The molecule has 0 unspecified atom stereocenters. The third-order valence-corrected chi connectivity index (χ3v) is 3.44. The molecule has 0 radical (unpaired) electrons. The Morgan fingerprint density at radius 1 is 1.62 bits per heavy atom. The minimum Gasteiger partial charge on any atom is -0.397 e. The summed E-state index contributed by atoms with van der Waals surface area (Å²) in [6.45, 7) is 2.30. The van der Waals surface area contributed by atoms with Crippen LogP contribution >= 0.6 is 11.8 Å². The van der Waals surface area contributed by atoms with Crippen molar-refractivity contribution in [3.8, 4) is 0 Å². The van der Waals surface area contributed by atoms with Gasteiger partial charge < -0.3 is 16.0 Å². The maximum absolute atomic E-state index is 11.3. The van der Waals surface area contributed by atoms with Crippen LogP contribution in [0.1, 0.15) is 0 Å². The van der Waals surface area contributed by atoms with E-state index in [2.05, 4.69) is 10.3 Å². The van der Waals surface area contributed by atoms with Crippen molar-refractivity contribution in [1.29, 1.82) is 0 Å². The van der Waals surface area contributed by atoms with E-state index in [0.717, 1.165) is 30.3 Å². The van der Waals surface area contributed by atoms with Crippen molar-refractivity contribution in [2.45, 2.75) is 4.90 Å². The Hall–Kier alpha value is -1.43. The molecule has 0 spiro atoms. The van der Waals surface area contributed by atoms with Crippen molar-refractivity contribution in [2.75, 3.05) is 31.1 Å². The number of amides is 2. The van der Waals surface area contributed by atoms with Crippen LogP contribution in [0.3, 0.4) is 0 Å². The van der Waals surface area contributed by atoms with Gasteiger partial charge in [0.2, 0.25) is 0 Å². The number of nitrogen functional groups attached to an aromatic ring is 1. The molecule has 2 amide bonds. The Morgan fingerprint density at radius 3 is 3.19 bits per heavy atom. The van der Waals surface area contributed by atoms with Crippen LogP contribution in [0.15, 0.2) is 23.4 Å². The number of hydrogen-bond acceptors (Lipinski definition) is 4. The Labute approximate surface area is 98.4 Å². The lowest BCUT2D eigenvalue weighted by molar-refractivity contribution is 0.220. The number of aromatic nitrogens is 1. The Morgan fingerprint density at radius 2 is 2.50 bits per heavy atom. The predicted molar refractivity (Wildman–Crippen MR) is 64.3 cm³/mol. The second kappa shape index (κ2) is 5.07. The fourth-order valence-corrected chi connectivity index (χ4v) is 2.42. The van der Waals surface area contributed by atoms with E-state index in [9.17, 15) is 4.79 Å². The summed E-state index contributed by atoms with van der Waals surface area (Å²) < 4.78 is 0. The second-order valence-corrected chi connectivity index (χ2v) is 4.62. The van der Waals surface area contributed by atoms with Gasteiger partial charge in [0, 0.05) is 36.5 Å². The van der Waals surface area contributed by atoms with Crippen LogP contribution < -0.4 is 11.1 Å². The minimum absolute atomic E-state index is 0.0308. The smallest absolute Gasteiger partial charge is 0.317 e. The van der Waals surface area contributed by atoms with Crippen molar-refractivity contribution >= 4 is 23.5 Å². The number of urea groups is 1. The molecule has 2 heterocycles. The highest BCUT2D eigenvalue weighted by molar-refractivity contribution is 7.99. The number of nitrogens with two attached hydrogens (primary N) is 1. The van der Waals surface area contributed by atoms with E-state index in [1.165, 1.54) is 0 Å². The number of nitrogens with zero attached hydrogens (tertiary/aromatic N) is 2. The molecule has 0 aromatic carbocycles. The van der Waals surface area contributed by atoms with Crippen LogP contribution in [0.25, 0.3) is 0 Å². The van der Waals surface area contributed by atoms with E-state index in [4.69, 9.17) is 5.73 Å². The summed E-state index contributed by atoms with van der Waals surface area (Å²) in [5.41, 5.74) is 6.46. The van der Waals surface area contributed by atoms with Gasteiger partial charge in [0.05, 0.1) is 11.9 Å². The van der Waals surface area contributed by atoms with E-state index in [1.807, 2.05) is 11.0 Å². The number of rotatable bonds is 4. The zero-order chi connectivity index (χ0) is 11.4. The topological polar surface area (TPSA) is 71.2 Å². The van der Waals surface area contributed by atoms with Crippen LogP contribution in [-0.2, 0) is 0 Å². The quantitative estimate of drug-likeness (QED) is 0.760. The van der Waals surface area contributed by atoms with Gasteiger partial charge in [0.15, 0.2) is 0 Å². The fraction of sp³-hybridized carbons (Fsp3) is 0.400. The molecule has 0 atom stereocenters. The van der Waals surface area contributed by atoms with E-state index in [0.29, 0.717) is 5.69 Å². The molecule has 1 aliphatic rings. The fourth-order valence-electron chi connectivity index (χ4n) is 1.52. The molecule has 5 nitrogen and oxygen atoms in total. The van der Waals surface area contributed by atoms with Crippen molar-refractivity contribution in [3.05, 3.63) is 18.5 Å². The number of anilines is 1. The van der Waals surface area contributed by atoms with Gasteiger partial charge in [-0.15, -0.1) is 11.8 Å². The first-order valence-electron chi connectivity index (χ1n) is 5.12. The van der Waals surface area contributed by atoms with E-state index in [1.54, 1.807) is 24.2 Å². The largest absolute Gasteiger partial charge is 0.397 e. The van der Waals surface area contributed by atoms with Crippen molar-refractivity contribution in [3.63, 3.8) is 0 Å². The molecule has 1 fully saturated rings. The van der Waals surface area contributed by atoms with Crippen LogP contribution in [0.4, 0.5) is 10.5 Å². The molecule has 0 saturated carbocycles. The number of thioether (sulfide) groups is 1. The summed E-state index contributed by atoms with van der Waals surface area (Å²) in [6.07, 6.45) is 3.37. The summed E-state index contributed by atoms with van der Waals surface area (Å²) in [6, 6.07) is 1.92. The highest BCUT2D eigenvalue weighted by Crippen LogP contribution is 2.23. The van der Waals surface area contributed by atoms with Gasteiger partial charge in [-0.3, -0.25) is 4.98 Å². The Kier molecular flexibility index (Phi) is 3.51. The number of hydrogen-bond donors (Lipinski definition) is 2. The van der Waals surface area contributed by atoms with Crippen molar-refractivity contribution in [2.24, 2.45) is 0 Å². The Bertz CT molecular complexity index is 385. The molecule has 1 aromatic rings. The zero-order valence-corrected chi connectivity index (χ0v) is 9.67. The van der Waals surface area contributed by atoms with Gasteiger partial charge in [0.25, 0.3) is 0 Å². The highest BCUT2D eigenvalue weighted by Gasteiger charge is 2.18. The first-order chi connectivity index (χ1) is 7.77. The van der Waals surface area contributed by atoms with Gasteiger partial charge in [-0.1, -0.05) is 0 Å². The van der Waals surface area contributed by atoms with Gasteiger partial charge in [0.1, 0.15) is 0 Å². The molecule has 0 bridgehead atoms. The minimum atomic E-state index is 0.0308. The van der Waals surface area contributed by atoms with Gasteiger partial charge in [-0.25, -0.2) is 4.79 Å². The normalized spacial score (nSPS) is 15.2. The van der Waals surface area contributed by atoms with Crippen LogP contribution in [-0.4, -0.2) is 41.3 Å². The predicted octanol–water partition coefficient (Wildman–Crippen LogP) is 0.781. The molecule has 1 saturated heterocycles. The summed E-state index contributed by atoms with van der Waals surface area (Å²) in [4.78, 5) is 18.0. The average molecular weight is 238 g/mol. The Balaban J connectivity index is 1.80. The molecule has 1 aliphatic heterocycles. The van der Waals surface area contributed by atoms with Crippen LogP contribution in [0, 0.1) is 0 Å². The molecule has 1 aromatic heterocycles. The number of nitrogens with one attached hydrogen (secondary N) is 1. The monoisotopic (exact) mass is 238 g/mol. The summed E-state index contributed by atoms with van der Waals surface area (Å²) >= 11 is 1.65. The first-order valence-corrected chi connectivity index (χ1v) is 6.11. The molecular weight excluding hydrogens is 224 g/mol. The van der Waals surface area contributed by atoms with Crippen molar-refractivity contribution in [1.82, 2.24) is 15.2 Å². The van der Waals surface area contributed by atoms with E-state index >= 15 is 0 Å². The van der Waals surface area contributed by atoms with Gasteiger partial charge in [-0.05, 0) is 6.07 Å². The number of carbonyl (C=O) groups excluding carboxylic acids is 1. The summed E-state index contributed by atoms with van der Waals surface area (Å²) in [5.74, 6) is 0.849. The standard InChI is InChI=1S/C10H14N4OS/c11-8-7-12-2-1-9(8)16-6-5-14-4-3-13-10(14)15/h1-2,7H,3-6,11H2,(H,13,15).